The second kappa shape index (κ2) is 4.55. The molecule has 0 amide bonds. The van der Waals surface area contributed by atoms with Crippen molar-refractivity contribution in [1.29, 1.82) is 0 Å². The molecule has 1 atom stereocenters. The molecule has 2 rings (SSSR count). The van der Waals surface area contributed by atoms with Crippen molar-refractivity contribution in [3.8, 4) is 0 Å². The van der Waals surface area contributed by atoms with Crippen LogP contribution in [-0.2, 0) is 0 Å². The lowest BCUT2D eigenvalue weighted by molar-refractivity contribution is 0.414. The number of rotatable bonds is 2. The van der Waals surface area contributed by atoms with Crippen molar-refractivity contribution in [3.05, 3.63) is 16.5 Å². The molecule has 1 aromatic rings. The van der Waals surface area contributed by atoms with Crippen LogP contribution in [0.15, 0.2) is 0 Å². The Morgan fingerprint density at radius 1 is 1.31 bits per heavy atom. The van der Waals surface area contributed by atoms with Gasteiger partial charge in [-0.3, -0.25) is 0 Å². The molecule has 16 heavy (non-hydrogen) atoms. The smallest absolute Gasteiger partial charge is 0.171 e. The number of aryl methyl sites for hydroxylation is 2. The summed E-state index contributed by atoms with van der Waals surface area (Å²) in [5.41, 5.74) is 1.82. The van der Waals surface area contributed by atoms with Gasteiger partial charge in [-0.15, -0.1) is 0 Å². The molecule has 2 heterocycles. The van der Waals surface area contributed by atoms with Crippen LogP contribution in [0.5, 0.6) is 0 Å². The molecule has 0 saturated carbocycles. The predicted octanol–water partition coefficient (Wildman–Crippen LogP) is 1.86. The molecule has 0 radical (unpaired) electrons. The molecule has 1 fully saturated rings. The maximum atomic E-state index is 6.07. The van der Waals surface area contributed by atoms with Crippen LogP contribution < -0.4 is 5.32 Å². The molecule has 0 unspecified atom stereocenters. The molecule has 5 heteroatoms. The van der Waals surface area contributed by atoms with E-state index in [-0.39, 0.29) is 0 Å². The number of hydrogen-bond donors (Lipinski definition) is 1. The standard InChI is InChI=1S/C11H17ClN4/c1-7-8(2)14-11(10(12)13-7)15-9-4-5-16(3)6-9/h9H,4-6H2,1-3H3,(H,14,15)/t9-/m1/s1. The number of nitrogens with zero attached hydrogens (tertiary/aromatic N) is 3. The molecule has 4 nitrogen and oxygen atoms in total. The van der Waals surface area contributed by atoms with Gasteiger partial charge in [-0.25, -0.2) is 9.97 Å². The van der Waals surface area contributed by atoms with Gasteiger partial charge >= 0.3 is 0 Å². The molecule has 0 bridgehead atoms. The van der Waals surface area contributed by atoms with Gasteiger partial charge in [0.15, 0.2) is 11.0 Å². The van der Waals surface area contributed by atoms with Gasteiger partial charge in [0.25, 0.3) is 0 Å². The fourth-order valence-electron chi connectivity index (χ4n) is 1.91. The molecular formula is C11H17ClN4. The third-order valence-corrected chi connectivity index (χ3v) is 3.26. The summed E-state index contributed by atoms with van der Waals surface area (Å²) in [7, 11) is 2.12. The highest BCUT2D eigenvalue weighted by atomic mass is 35.5. The van der Waals surface area contributed by atoms with Gasteiger partial charge in [0.05, 0.1) is 11.4 Å². The lowest BCUT2D eigenvalue weighted by Gasteiger charge is -2.15. The summed E-state index contributed by atoms with van der Waals surface area (Å²) in [5, 5.41) is 3.83. The first-order valence-corrected chi connectivity index (χ1v) is 5.90. The van der Waals surface area contributed by atoms with Crippen molar-refractivity contribution in [2.75, 3.05) is 25.5 Å². The maximum absolute atomic E-state index is 6.07. The lowest BCUT2D eigenvalue weighted by Crippen LogP contribution is -2.24. The van der Waals surface area contributed by atoms with E-state index in [9.17, 15) is 0 Å². The quantitative estimate of drug-likeness (QED) is 0.857. The number of anilines is 1. The molecule has 1 aliphatic rings. The second-order valence-corrected chi connectivity index (χ2v) is 4.78. The average Bonchev–Trinajstić information content (AvgIpc) is 2.60. The summed E-state index contributed by atoms with van der Waals surface area (Å²) >= 11 is 6.07. The van der Waals surface area contributed by atoms with Crippen molar-refractivity contribution < 1.29 is 0 Å². The first-order chi connectivity index (χ1) is 7.56. The summed E-state index contributed by atoms with van der Waals surface area (Å²) in [6.45, 7) is 6.02. The molecule has 88 valence electrons. The Bertz CT molecular complexity index is 394. The van der Waals surface area contributed by atoms with E-state index in [2.05, 4.69) is 27.2 Å². The van der Waals surface area contributed by atoms with E-state index in [1.165, 1.54) is 0 Å². The molecule has 1 N–H and O–H groups in total. The Hall–Kier alpha value is -0.870. The highest BCUT2D eigenvalue weighted by molar-refractivity contribution is 6.31. The fourth-order valence-corrected chi connectivity index (χ4v) is 2.14. The molecule has 1 aliphatic heterocycles. The van der Waals surface area contributed by atoms with Crippen LogP contribution >= 0.6 is 11.6 Å². The van der Waals surface area contributed by atoms with Gasteiger partial charge in [-0.1, -0.05) is 11.6 Å². The van der Waals surface area contributed by atoms with Gasteiger partial charge < -0.3 is 10.2 Å². The Morgan fingerprint density at radius 2 is 2.00 bits per heavy atom. The van der Waals surface area contributed by atoms with Gasteiger partial charge in [0.2, 0.25) is 0 Å². The number of likely N-dealkylation sites (tertiary alicyclic amines) is 1. The van der Waals surface area contributed by atoms with Gasteiger partial charge in [0.1, 0.15) is 0 Å². The van der Waals surface area contributed by atoms with E-state index in [0.29, 0.717) is 17.0 Å². The van der Waals surface area contributed by atoms with Crippen LogP contribution in [-0.4, -0.2) is 41.0 Å². The van der Waals surface area contributed by atoms with E-state index < -0.39 is 0 Å². The van der Waals surface area contributed by atoms with E-state index in [4.69, 9.17) is 11.6 Å². The molecule has 0 aromatic carbocycles. The average molecular weight is 241 g/mol. The fraction of sp³-hybridized carbons (Fsp3) is 0.636. The van der Waals surface area contributed by atoms with Crippen LogP contribution in [0.3, 0.4) is 0 Å². The van der Waals surface area contributed by atoms with E-state index in [1.807, 2.05) is 13.8 Å². The highest BCUT2D eigenvalue weighted by Gasteiger charge is 2.20. The summed E-state index contributed by atoms with van der Waals surface area (Å²) in [6, 6.07) is 0.430. The number of nitrogens with one attached hydrogen (secondary N) is 1. The van der Waals surface area contributed by atoms with Crippen LogP contribution in [0.2, 0.25) is 5.15 Å². The predicted molar refractivity (Wildman–Crippen MR) is 66.0 cm³/mol. The first kappa shape index (κ1) is 11.6. The number of halogens is 1. The molecule has 0 spiro atoms. The van der Waals surface area contributed by atoms with Gasteiger partial charge in [-0.05, 0) is 33.9 Å². The van der Waals surface area contributed by atoms with Crippen molar-refractivity contribution in [1.82, 2.24) is 14.9 Å². The molecule has 1 aromatic heterocycles. The van der Waals surface area contributed by atoms with Crippen molar-refractivity contribution in [2.45, 2.75) is 26.3 Å². The van der Waals surface area contributed by atoms with Crippen molar-refractivity contribution in [3.63, 3.8) is 0 Å². The third-order valence-electron chi connectivity index (χ3n) is 3.00. The summed E-state index contributed by atoms with van der Waals surface area (Å²) in [5.74, 6) is 0.713. The second-order valence-electron chi connectivity index (χ2n) is 4.43. The maximum Gasteiger partial charge on any atom is 0.171 e. The van der Waals surface area contributed by atoms with Crippen molar-refractivity contribution in [2.24, 2.45) is 0 Å². The minimum absolute atomic E-state index is 0.430. The molecule has 0 aliphatic carbocycles. The number of hydrogen-bond acceptors (Lipinski definition) is 4. The Balaban J connectivity index is 2.12. The molecular weight excluding hydrogens is 224 g/mol. The minimum atomic E-state index is 0.430. The third kappa shape index (κ3) is 2.44. The highest BCUT2D eigenvalue weighted by Crippen LogP contribution is 2.21. The summed E-state index contributed by atoms with van der Waals surface area (Å²) < 4.78 is 0. The number of aromatic nitrogens is 2. The Kier molecular flexibility index (Phi) is 3.30. The lowest BCUT2D eigenvalue weighted by atomic mass is 10.2. The topological polar surface area (TPSA) is 41.1 Å². The zero-order valence-corrected chi connectivity index (χ0v) is 10.7. The Labute approximate surface area is 101 Å². The first-order valence-electron chi connectivity index (χ1n) is 5.52. The monoisotopic (exact) mass is 240 g/mol. The van der Waals surface area contributed by atoms with Gasteiger partial charge in [0, 0.05) is 12.6 Å². The zero-order valence-electron chi connectivity index (χ0n) is 9.92. The summed E-state index contributed by atoms with van der Waals surface area (Å²) in [4.78, 5) is 11.0. The van der Waals surface area contributed by atoms with E-state index in [0.717, 1.165) is 30.9 Å². The zero-order chi connectivity index (χ0) is 11.7. The van der Waals surface area contributed by atoms with E-state index >= 15 is 0 Å². The summed E-state index contributed by atoms with van der Waals surface area (Å²) in [6.07, 6.45) is 1.13. The number of likely N-dealkylation sites (N-methyl/N-ethyl adjacent to an activating group) is 1. The molecule has 1 saturated heterocycles. The van der Waals surface area contributed by atoms with Crippen LogP contribution in [0, 0.1) is 13.8 Å². The van der Waals surface area contributed by atoms with Gasteiger partial charge in [-0.2, -0.15) is 0 Å². The largest absolute Gasteiger partial charge is 0.363 e. The van der Waals surface area contributed by atoms with Crippen LogP contribution in [0.25, 0.3) is 0 Å². The van der Waals surface area contributed by atoms with Crippen molar-refractivity contribution >= 4 is 17.4 Å². The normalized spacial score (nSPS) is 21.4. The van der Waals surface area contributed by atoms with Crippen LogP contribution in [0.4, 0.5) is 5.82 Å². The Morgan fingerprint density at radius 3 is 2.62 bits per heavy atom. The SMILES string of the molecule is Cc1nc(Cl)c(N[C@@H]2CCN(C)C2)nc1C. The van der Waals surface area contributed by atoms with Crippen LogP contribution in [0.1, 0.15) is 17.8 Å². The van der Waals surface area contributed by atoms with E-state index in [1.54, 1.807) is 0 Å². The minimum Gasteiger partial charge on any atom is -0.363 e.